The summed E-state index contributed by atoms with van der Waals surface area (Å²) in [5.74, 6) is 0.341. The van der Waals surface area contributed by atoms with Crippen molar-refractivity contribution >= 4 is 39.3 Å². The summed E-state index contributed by atoms with van der Waals surface area (Å²) in [6, 6.07) is 19.6. The first kappa shape index (κ1) is 23.8. The first-order chi connectivity index (χ1) is 18.7. The number of anilines is 2. The second-order valence-corrected chi connectivity index (χ2v) is 9.26. The Balaban J connectivity index is 1.20. The summed E-state index contributed by atoms with van der Waals surface area (Å²) in [5, 5.41) is 4.93. The number of pyridine rings is 1. The van der Waals surface area contributed by atoms with Crippen LogP contribution in [0.15, 0.2) is 85.5 Å². The van der Waals surface area contributed by atoms with Crippen LogP contribution in [0.5, 0.6) is 5.75 Å². The Morgan fingerprint density at radius 3 is 2.42 bits per heavy atom. The van der Waals surface area contributed by atoms with Crippen molar-refractivity contribution in [1.82, 2.24) is 19.9 Å². The number of benzene rings is 3. The Morgan fingerprint density at radius 2 is 1.63 bits per heavy atom. The van der Waals surface area contributed by atoms with Gasteiger partial charge < -0.3 is 14.5 Å². The molecule has 2 aromatic heterocycles. The van der Waals surface area contributed by atoms with Gasteiger partial charge in [-0.2, -0.15) is 0 Å². The molecule has 0 atom stereocenters. The zero-order valence-electron chi connectivity index (χ0n) is 21.2. The number of ether oxygens (including phenoxy) is 1. The number of rotatable bonds is 5. The van der Waals surface area contributed by atoms with Crippen LogP contribution in [0, 0.1) is 0 Å². The third kappa shape index (κ3) is 4.73. The van der Waals surface area contributed by atoms with Gasteiger partial charge in [-0.3, -0.25) is 15.3 Å². The van der Waals surface area contributed by atoms with Crippen molar-refractivity contribution in [3.63, 3.8) is 0 Å². The number of hydrogen-bond acceptors (Lipinski definition) is 7. The van der Waals surface area contributed by atoms with Crippen molar-refractivity contribution in [1.29, 1.82) is 0 Å². The first-order valence-electron chi connectivity index (χ1n) is 12.8. The molecule has 1 amide bonds. The van der Waals surface area contributed by atoms with Gasteiger partial charge in [-0.1, -0.05) is 31.2 Å². The maximum atomic E-state index is 12.8. The van der Waals surface area contributed by atoms with E-state index in [9.17, 15) is 4.79 Å². The van der Waals surface area contributed by atoms with Gasteiger partial charge in [0.05, 0.1) is 0 Å². The lowest BCUT2D eigenvalue weighted by Crippen LogP contribution is -2.46. The molecule has 1 aliphatic rings. The lowest BCUT2D eigenvalue weighted by Gasteiger charge is -2.35. The molecule has 5 aromatic rings. The standard InChI is InChI=1S/C30H28N6O2/c1-2-35-15-17-36(18-16-35)23-9-7-22(8-10-23)34-30(37)38-27-12-11-25(28-29(27)33-14-13-32-28)26-20-31-19-21-5-3-4-6-24(21)26/h3-14,19-20H,2,15-18H2,1H3,(H,34,37). The predicted molar refractivity (Wildman–Crippen MR) is 151 cm³/mol. The zero-order chi connectivity index (χ0) is 25.9. The van der Waals surface area contributed by atoms with E-state index in [0.29, 0.717) is 22.5 Å². The van der Waals surface area contributed by atoms with Crippen LogP contribution in [0.2, 0.25) is 0 Å². The number of piperazine rings is 1. The number of nitrogens with one attached hydrogen (secondary N) is 1. The van der Waals surface area contributed by atoms with Gasteiger partial charge in [0.25, 0.3) is 0 Å². The zero-order valence-corrected chi connectivity index (χ0v) is 21.2. The largest absolute Gasteiger partial charge is 0.417 e. The Hall–Kier alpha value is -4.56. The molecule has 38 heavy (non-hydrogen) atoms. The fourth-order valence-electron chi connectivity index (χ4n) is 4.98. The lowest BCUT2D eigenvalue weighted by molar-refractivity contribution is 0.215. The number of carbonyl (C=O) groups excluding carboxylic acids is 1. The van der Waals surface area contributed by atoms with Gasteiger partial charge in [0.2, 0.25) is 0 Å². The molecule has 0 spiro atoms. The summed E-state index contributed by atoms with van der Waals surface area (Å²) >= 11 is 0. The molecule has 8 nitrogen and oxygen atoms in total. The van der Waals surface area contributed by atoms with Crippen LogP contribution in [0.3, 0.4) is 0 Å². The van der Waals surface area contributed by atoms with E-state index in [1.165, 1.54) is 0 Å². The third-order valence-corrected chi connectivity index (χ3v) is 7.05. The molecule has 0 aliphatic carbocycles. The summed E-state index contributed by atoms with van der Waals surface area (Å²) in [6.07, 6.45) is 6.32. The van der Waals surface area contributed by atoms with E-state index in [1.54, 1.807) is 18.5 Å². The van der Waals surface area contributed by atoms with Crippen molar-refractivity contribution in [2.24, 2.45) is 0 Å². The maximum Gasteiger partial charge on any atom is 0.417 e. The first-order valence-corrected chi connectivity index (χ1v) is 12.8. The highest BCUT2D eigenvalue weighted by molar-refractivity contribution is 6.04. The van der Waals surface area contributed by atoms with E-state index in [0.717, 1.165) is 60.3 Å². The van der Waals surface area contributed by atoms with E-state index in [4.69, 9.17) is 4.74 Å². The molecule has 190 valence electrons. The number of likely N-dealkylation sites (N-methyl/N-ethyl adjacent to an activating group) is 1. The molecule has 0 saturated carbocycles. The smallest absolute Gasteiger partial charge is 0.408 e. The molecule has 0 radical (unpaired) electrons. The number of nitrogens with zero attached hydrogens (tertiary/aromatic N) is 5. The summed E-state index contributed by atoms with van der Waals surface area (Å²) in [7, 11) is 0. The molecule has 8 heteroatoms. The van der Waals surface area contributed by atoms with Crippen LogP contribution in [-0.2, 0) is 0 Å². The topological polar surface area (TPSA) is 83.5 Å². The van der Waals surface area contributed by atoms with Crippen LogP contribution in [-0.4, -0.2) is 58.7 Å². The van der Waals surface area contributed by atoms with E-state index in [-0.39, 0.29) is 0 Å². The normalized spacial score (nSPS) is 14.1. The number of carbonyl (C=O) groups is 1. The number of hydrogen-bond donors (Lipinski definition) is 1. The minimum Gasteiger partial charge on any atom is -0.408 e. The van der Waals surface area contributed by atoms with Crippen LogP contribution in [0.4, 0.5) is 16.2 Å². The van der Waals surface area contributed by atoms with E-state index in [2.05, 4.69) is 43.1 Å². The van der Waals surface area contributed by atoms with E-state index >= 15 is 0 Å². The highest BCUT2D eigenvalue weighted by Gasteiger charge is 2.17. The molecule has 3 heterocycles. The van der Waals surface area contributed by atoms with Crippen molar-refractivity contribution < 1.29 is 9.53 Å². The Bertz CT molecular complexity index is 1590. The van der Waals surface area contributed by atoms with Gasteiger partial charge in [-0.15, -0.1) is 0 Å². The molecule has 3 aromatic carbocycles. The van der Waals surface area contributed by atoms with Gasteiger partial charge in [0.15, 0.2) is 5.75 Å². The SMILES string of the molecule is CCN1CCN(c2ccc(NC(=O)Oc3ccc(-c4cncc5ccccc45)c4nccnc34)cc2)CC1. The lowest BCUT2D eigenvalue weighted by atomic mass is 9.99. The molecule has 1 saturated heterocycles. The van der Waals surface area contributed by atoms with Gasteiger partial charge in [-0.05, 0) is 48.3 Å². The van der Waals surface area contributed by atoms with Gasteiger partial charge in [-0.25, -0.2) is 9.78 Å². The van der Waals surface area contributed by atoms with Crippen molar-refractivity contribution in [2.45, 2.75) is 6.92 Å². The van der Waals surface area contributed by atoms with Gasteiger partial charge >= 0.3 is 6.09 Å². The second kappa shape index (κ2) is 10.4. The molecule has 0 bridgehead atoms. The number of fused-ring (bicyclic) bond motifs is 2. The molecule has 1 fully saturated rings. The average molecular weight is 505 g/mol. The monoisotopic (exact) mass is 504 g/mol. The van der Waals surface area contributed by atoms with Crippen molar-refractivity contribution in [2.75, 3.05) is 42.9 Å². The third-order valence-electron chi connectivity index (χ3n) is 7.05. The van der Waals surface area contributed by atoms with E-state index < -0.39 is 6.09 Å². The van der Waals surface area contributed by atoms with Gasteiger partial charge in [0.1, 0.15) is 11.0 Å². The fraction of sp³-hybridized carbons (Fsp3) is 0.200. The van der Waals surface area contributed by atoms with Crippen LogP contribution in [0.25, 0.3) is 32.9 Å². The molecular formula is C30H28N6O2. The number of aromatic nitrogens is 3. The summed E-state index contributed by atoms with van der Waals surface area (Å²) < 4.78 is 5.70. The Morgan fingerprint density at radius 1 is 0.868 bits per heavy atom. The molecule has 0 unspecified atom stereocenters. The van der Waals surface area contributed by atoms with E-state index in [1.807, 2.05) is 60.9 Å². The number of amides is 1. The summed E-state index contributed by atoms with van der Waals surface area (Å²) in [6.45, 7) is 7.42. The minimum absolute atomic E-state index is 0.341. The Labute approximate surface area is 220 Å². The van der Waals surface area contributed by atoms with Gasteiger partial charge in [0, 0.05) is 78.9 Å². The highest BCUT2D eigenvalue weighted by atomic mass is 16.6. The molecule has 1 N–H and O–H groups in total. The predicted octanol–water partition coefficient (Wildman–Crippen LogP) is 5.60. The average Bonchev–Trinajstić information content (AvgIpc) is 2.97. The summed E-state index contributed by atoms with van der Waals surface area (Å²) in [4.78, 5) is 31.1. The van der Waals surface area contributed by atoms with Crippen molar-refractivity contribution in [3.05, 3.63) is 85.5 Å². The summed E-state index contributed by atoms with van der Waals surface area (Å²) in [5.41, 5.74) is 4.79. The van der Waals surface area contributed by atoms with Crippen LogP contribution in [0.1, 0.15) is 6.92 Å². The molecule has 6 rings (SSSR count). The molecular weight excluding hydrogens is 476 g/mol. The molecule has 1 aliphatic heterocycles. The Kier molecular flexibility index (Phi) is 6.54. The minimum atomic E-state index is -0.583. The fourth-order valence-corrected chi connectivity index (χ4v) is 4.98. The quantitative estimate of drug-likeness (QED) is 0.334. The second-order valence-electron chi connectivity index (χ2n) is 9.26. The maximum absolute atomic E-state index is 12.8. The van der Waals surface area contributed by atoms with Crippen LogP contribution < -0.4 is 15.0 Å². The van der Waals surface area contributed by atoms with Crippen molar-refractivity contribution in [3.8, 4) is 16.9 Å². The van der Waals surface area contributed by atoms with Crippen LogP contribution >= 0.6 is 0 Å². The highest BCUT2D eigenvalue weighted by Crippen LogP contribution is 2.35.